The van der Waals surface area contributed by atoms with Crippen LogP contribution in [0.2, 0.25) is 0 Å². The van der Waals surface area contributed by atoms with E-state index in [1.807, 2.05) is 18.4 Å². The van der Waals surface area contributed by atoms with E-state index in [1.165, 1.54) is 23.8 Å². The highest BCUT2D eigenvalue weighted by atomic mass is 32.1. The van der Waals surface area contributed by atoms with Gasteiger partial charge in [-0.05, 0) is 36.1 Å². The maximum Gasteiger partial charge on any atom is 0.573 e. The number of ether oxygens (including phenoxy) is 1. The highest BCUT2D eigenvalue weighted by molar-refractivity contribution is 7.10. The molecule has 0 amide bonds. The van der Waals surface area contributed by atoms with Crippen LogP contribution in [0.5, 0.6) is 5.75 Å². The number of nitrogens with one attached hydrogen (secondary N) is 1. The molecule has 0 unspecified atom stereocenters. The van der Waals surface area contributed by atoms with Crippen molar-refractivity contribution in [3.63, 3.8) is 0 Å². The molecule has 0 bridgehead atoms. The Morgan fingerprint density at radius 3 is 2.68 bits per heavy atom. The number of hydrogen-bond donors (Lipinski definition) is 1. The number of hydrogen-bond acceptors (Lipinski definition) is 3. The van der Waals surface area contributed by atoms with Crippen LogP contribution < -0.4 is 10.1 Å². The van der Waals surface area contributed by atoms with E-state index < -0.39 is 6.36 Å². The van der Waals surface area contributed by atoms with Crippen molar-refractivity contribution >= 4 is 17.0 Å². The summed E-state index contributed by atoms with van der Waals surface area (Å²) in [5.41, 5.74) is 1.76. The highest BCUT2D eigenvalue weighted by Crippen LogP contribution is 2.25. The van der Waals surface area contributed by atoms with Crippen molar-refractivity contribution in [2.24, 2.45) is 0 Å². The maximum absolute atomic E-state index is 12.1. The summed E-state index contributed by atoms with van der Waals surface area (Å²) in [6.07, 6.45) is -4.66. The SMILES string of the molecule is Cc1ccsc1CNc1cccc(OC(F)(F)F)c1. The summed E-state index contributed by atoms with van der Waals surface area (Å²) in [5, 5.41) is 5.06. The first kappa shape index (κ1) is 13.7. The third-order valence-corrected chi connectivity index (χ3v) is 3.51. The fraction of sp³-hybridized carbons (Fsp3) is 0.231. The van der Waals surface area contributed by atoms with Crippen LogP contribution >= 0.6 is 11.3 Å². The third-order valence-electron chi connectivity index (χ3n) is 2.49. The Morgan fingerprint density at radius 2 is 2.05 bits per heavy atom. The summed E-state index contributed by atoms with van der Waals surface area (Å²) < 4.78 is 40.1. The Morgan fingerprint density at radius 1 is 1.26 bits per heavy atom. The molecule has 0 aliphatic carbocycles. The Kier molecular flexibility index (Phi) is 3.99. The van der Waals surface area contributed by atoms with Gasteiger partial charge in [-0.15, -0.1) is 24.5 Å². The fourth-order valence-corrected chi connectivity index (χ4v) is 2.42. The minimum atomic E-state index is -4.66. The molecule has 0 atom stereocenters. The first-order chi connectivity index (χ1) is 8.94. The van der Waals surface area contributed by atoms with Crippen molar-refractivity contribution in [3.05, 3.63) is 46.2 Å². The minimum absolute atomic E-state index is 0.222. The Hall–Kier alpha value is -1.69. The minimum Gasteiger partial charge on any atom is -0.406 e. The van der Waals surface area contributed by atoms with Crippen LogP contribution in [0, 0.1) is 6.92 Å². The molecule has 0 saturated carbocycles. The maximum atomic E-state index is 12.1. The van der Waals surface area contributed by atoms with Crippen molar-refractivity contribution in [1.82, 2.24) is 0 Å². The van der Waals surface area contributed by atoms with Crippen molar-refractivity contribution in [2.75, 3.05) is 5.32 Å². The lowest BCUT2D eigenvalue weighted by molar-refractivity contribution is -0.274. The molecule has 0 spiro atoms. The van der Waals surface area contributed by atoms with Gasteiger partial charge in [0.25, 0.3) is 0 Å². The number of aryl methyl sites for hydroxylation is 1. The van der Waals surface area contributed by atoms with Gasteiger partial charge in [0.2, 0.25) is 0 Å². The molecule has 0 fully saturated rings. The smallest absolute Gasteiger partial charge is 0.406 e. The molecule has 0 aliphatic heterocycles. The molecule has 0 radical (unpaired) electrons. The summed E-state index contributed by atoms with van der Waals surface area (Å²) >= 11 is 1.61. The summed E-state index contributed by atoms with van der Waals surface area (Å²) in [5.74, 6) is -0.222. The van der Waals surface area contributed by atoms with Crippen LogP contribution in [0.4, 0.5) is 18.9 Å². The molecule has 19 heavy (non-hydrogen) atoms. The Bertz CT molecular complexity index is 551. The summed E-state index contributed by atoms with van der Waals surface area (Å²) in [6, 6.07) is 7.83. The molecule has 2 rings (SSSR count). The number of benzene rings is 1. The predicted octanol–water partition coefficient (Wildman–Crippen LogP) is 4.57. The van der Waals surface area contributed by atoms with Gasteiger partial charge < -0.3 is 10.1 Å². The molecule has 1 aromatic heterocycles. The second kappa shape index (κ2) is 5.52. The molecular weight excluding hydrogens is 275 g/mol. The van der Waals surface area contributed by atoms with E-state index in [9.17, 15) is 13.2 Å². The lowest BCUT2D eigenvalue weighted by Gasteiger charge is -2.11. The van der Waals surface area contributed by atoms with E-state index in [0.717, 1.165) is 4.88 Å². The molecule has 102 valence electrons. The standard InChI is InChI=1S/C13H12F3NOS/c1-9-5-6-19-12(9)8-17-10-3-2-4-11(7-10)18-13(14,15)16/h2-7,17H,8H2,1H3. The van der Waals surface area contributed by atoms with Gasteiger partial charge in [0.1, 0.15) is 5.75 Å². The van der Waals surface area contributed by atoms with E-state index in [-0.39, 0.29) is 5.75 Å². The number of anilines is 1. The van der Waals surface area contributed by atoms with Crippen LogP contribution in [0.1, 0.15) is 10.4 Å². The van der Waals surface area contributed by atoms with E-state index >= 15 is 0 Å². The predicted molar refractivity (Wildman–Crippen MR) is 69.5 cm³/mol. The molecule has 6 heteroatoms. The molecule has 2 aromatic rings. The number of thiophene rings is 1. The normalized spacial score (nSPS) is 11.4. The number of alkyl halides is 3. The second-order valence-electron chi connectivity index (χ2n) is 3.96. The second-order valence-corrected chi connectivity index (χ2v) is 4.96. The first-order valence-corrected chi connectivity index (χ1v) is 6.45. The molecule has 1 N–H and O–H groups in total. The molecule has 1 aromatic carbocycles. The fourth-order valence-electron chi connectivity index (χ4n) is 1.57. The van der Waals surface area contributed by atoms with E-state index in [2.05, 4.69) is 10.1 Å². The average molecular weight is 287 g/mol. The van der Waals surface area contributed by atoms with Crippen LogP contribution in [0.25, 0.3) is 0 Å². The van der Waals surface area contributed by atoms with Crippen molar-refractivity contribution in [2.45, 2.75) is 19.8 Å². The van der Waals surface area contributed by atoms with E-state index in [4.69, 9.17) is 0 Å². The lowest BCUT2D eigenvalue weighted by atomic mass is 10.2. The van der Waals surface area contributed by atoms with Crippen molar-refractivity contribution in [1.29, 1.82) is 0 Å². The van der Waals surface area contributed by atoms with Crippen molar-refractivity contribution in [3.8, 4) is 5.75 Å². The Balaban J connectivity index is 2.01. The molecule has 0 saturated heterocycles. The van der Waals surface area contributed by atoms with Gasteiger partial charge in [0.05, 0.1) is 0 Å². The largest absolute Gasteiger partial charge is 0.573 e. The van der Waals surface area contributed by atoms with Crippen LogP contribution in [0.15, 0.2) is 35.7 Å². The van der Waals surface area contributed by atoms with E-state index in [0.29, 0.717) is 12.2 Å². The van der Waals surface area contributed by atoms with Gasteiger partial charge in [-0.3, -0.25) is 0 Å². The quantitative estimate of drug-likeness (QED) is 0.889. The lowest BCUT2D eigenvalue weighted by Crippen LogP contribution is -2.17. The van der Waals surface area contributed by atoms with Gasteiger partial charge in [-0.1, -0.05) is 6.07 Å². The summed E-state index contributed by atoms with van der Waals surface area (Å²) in [4.78, 5) is 1.15. The summed E-state index contributed by atoms with van der Waals surface area (Å²) in [6.45, 7) is 2.58. The van der Waals surface area contributed by atoms with Crippen LogP contribution in [-0.2, 0) is 6.54 Å². The monoisotopic (exact) mass is 287 g/mol. The Labute approximate surface area is 112 Å². The molecule has 2 nitrogen and oxygen atoms in total. The molecular formula is C13H12F3NOS. The average Bonchev–Trinajstić information content (AvgIpc) is 2.70. The number of rotatable bonds is 4. The molecule has 1 heterocycles. The van der Waals surface area contributed by atoms with Crippen molar-refractivity contribution < 1.29 is 17.9 Å². The van der Waals surface area contributed by atoms with Gasteiger partial charge >= 0.3 is 6.36 Å². The highest BCUT2D eigenvalue weighted by Gasteiger charge is 2.31. The molecule has 0 aliphatic rings. The van der Waals surface area contributed by atoms with Gasteiger partial charge in [-0.2, -0.15) is 0 Å². The zero-order chi connectivity index (χ0) is 13.9. The van der Waals surface area contributed by atoms with E-state index in [1.54, 1.807) is 17.4 Å². The van der Waals surface area contributed by atoms with Crippen LogP contribution in [-0.4, -0.2) is 6.36 Å². The zero-order valence-electron chi connectivity index (χ0n) is 10.1. The van der Waals surface area contributed by atoms with Gasteiger partial charge in [0.15, 0.2) is 0 Å². The number of halogens is 3. The zero-order valence-corrected chi connectivity index (χ0v) is 10.9. The van der Waals surface area contributed by atoms with Crippen LogP contribution in [0.3, 0.4) is 0 Å². The topological polar surface area (TPSA) is 21.3 Å². The van der Waals surface area contributed by atoms with Gasteiger partial charge in [0, 0.05) is 23.2 Å². The third kappa shape index (κ3) is 4.17. The van der Waals surface area contributed by atoms with Gasteiger partial charge in [-0.25, -0.2) is 0 Å². The summed E-state index contributed by atoms with van der Waals surface area (Å²) in [7, 11) is 0. The first-order valence-electron chi connectivity index (χ1n) is 5.57.